The van der Waals surface area contributed by atoms with Gasteiger partial charge in [-0.1, -0.05) is 18.2 Å². The summed E-state index contributed by atoms with van der Waals surface area (Å²) in [5, 5.41) is 2.12. The van der Waals surface area contributed by atoms with E-state index in [1.165, 1.54) is 5.56 Å². The van der Waals surface area contributed by atoms with E-state index in [0.29, 0.717) is 13.2 Å². The van der Waals surface area contributed by atoms with Gasteiger partial charge in [-0.05, 0) is 63.9 Å². The molecule has 2 N–H and O–H groups in total. The van der Waals surface area contributed by atoms with Crippen molar-refractivity contribution in [2.24, 2.45) is 0 Å². The zero-order valence-corrected chi connectivity index (χ0v) is 17.3. The topological polar surface area (TPSA) is 55.4 Å². The third kappa shape index (κ3) is 4.30. The minimum atomic E-state index is -0.164. The Labute approximate surface area is 167 Å². The lowest BCUT2D eigenvalue weighted by molar-refractivity contribution is -0.710. The van der Waals surface area contributed by atoms with E-state index >= 15 is 0 Å². The van der Waals surface area contributed by atoms with Crippen LogP contribution in [-0.2, 0) is 11.2 Å². The molecule has 2 aromatic carbocycles. The van der Waals surface area contributed by atoms with E-state index in [9.17, 15) is 4.79 Å². The summed E-state index contributed by atoms with van der Waals surface area (Å²) >= 11 is 0. The van der Waals surface area contributed by atoms with Crippen molar-refractivity contribution in [2.75, 3.05) is 24.7 Å². The van der Waals surface area contributed by atoms with Gasteiger partial charge in [0.25, 0.3) is 5.91 Å². The minimum absolute atomic E-state index is 0.131. The van der Waals surface area contributed by atoms with E-state index in [0.717, 1.165) is 35.7 Å². The van der Waals surface area contributed by atoms with Crippen molar-refractivity contribution >= 4 is 11.6 Å². The number of benzene rings is 2. The predicted molar refractivity (Wildman–Crippen MR) is 111 cm³/mol. The van der Waals surface area contributed by atoms with Crippen molar-refractivity contribution in [1.82, 2.24) is 0 Å². The maximum absolute atomic E-state index is 13.0. The average Bonchev–Trinajstić information content (AvgIpc) is 3.13. The molecule has 0 unspecified atom stereocenters. The van der Waals surface area contributed by atoms with Gasteiger partial charge in [0.05, 0.1) is 13.2 Å². The summed E-state index contributed by atoms with van der Waals surface area (Å²) < 4.78 is 11.4. The zero-order chi connectivity index (χ0) is 20.1. The van der Waals surface area contributed by atoms with E-state index in [-0.39, 0.29) is 18.0 Å². The Balaban J connectivity index is 1.69. The van der Waals surface area contributed by atoms with Crippen molar-refractivity contribution in [3.63, 3.8) is 0 Å². The average molecular weight is 384 g/mol. The number of anilines is 1. The number of ether oxygens (including phenoxy) is 2. The first-order valence-electron chi connectivity index (χ1n) is 10.2. The summed E-state index contributed by atoms with van der Waals surface area (Å²) in [5.74, 6) is 1.68. The van der Waals surface area contributed by atoms with Crippen molar-refractivity contribution in [2.45, 2.75) is 46.2 Å². The molecule has 28 heavy (non-hydrogen) atoms. The highest BCUT2D eigenvalue weighted by molar-refractivity contribution is 5.97. The van der Waals surface area contributed by atoms with Crippen molar-refractivity contribution in [3.05, 3.63) is 53.6 Å². The lowest BCUT2D eigenvalue weighted by Crippen LogP contribution is -2.92. The first-order chi connectivity index (χ1) is 13.5. The molecule has 3 rings (SSSR count). The molecule has 0 aliphatic carbocycles. The SMILES string of the molecule is CCOc1ccc([C@H](C)[NH2+][C@@H](C)C(=O)N2CCc3ccccc32)cc1OCC. The highest BCUT2D eigenvalue weighted by Crippen LogP contribution is 2.30. The number of hydrogen-bond acceptors (Lipinski definition) is 3. The van der Waals surface area contributed by atoms with Crippen LogP contribution in [0.1, 0.15) is 44.9 Å². The van der Waals surface area contributed by atoms with Gasteiger partial charge in [0.2, 0.25) is 0 Å². The van der Waals surface area contributed by atoms with Gasteiger partial charge in [-0.25, -0.2) is 0 Å². The van der Waals surface area contributed by atoms with Crippen LogP contribution >= 0.6 is 0 Å². The fourth-order valence-corrected chi connectivity index (χ4v) is 3.79. The lowest BCUT2D eigenvalue weighted by Gasteiger charge is -2.23. The second-order valence-electron chi connectivity index (χ2n) is 7.21. The zero-order valence-electron chi connectivity index (χ0n) is 17.3. The second-order valence-corrected chi connectivity index (χ2v) is 7.21. The van der Waals surface area contributed by atoms with E-state index in [4.69, 9.17) is 9.47 Å². The summed E-state index contributed by atoms with van der Waals surface area (Å²) in [6.45, 7) is 9.98. The molecular formula is C23H31N2O3+. The lowest BCUT2D eigenvalue weighted by atomic mass is 10.1. The quantitative estimate of drug-likeness (QED) is 0.762. The Morgan fingerprint density at radius 1 is 1.07 bits per heavy atom. The monoisotopic (exact) mass is 383 g/mol. The number of fused-ring (bicyclic) bond motifs is 1. The maximum atomic E-state index is 13.0. The molecule has 1 aliphatic rings. The largest absolute Gasteiger partial charge is 0.490 e. The van der Waals surface area contributed by atoms with E-state index in [2.05, 4.69) is 24.4 Å². The first kappa shape index (κ1) is 20.2. The van der Waals surface area contributed by atoms with E-state index in [1.807, 2.05) is 56.0 Å². The van der Waals surface area contributed by atoms with Crippen LogP contribution in [0, 0.1) is 0 Å². The van der Waals surface area contributed by atoms with Crippen LogP contribution in [0.15, 0.2) is 42.5 Å². The summed E-state index contributed by atoms with van der Waals surface area (Å²) in [6.07, 6.45) is 0.931. The molecule has 0 aromatic heterocycles. The summed E-state index contributed by atoms with van der Waals surface area (Å²) in [5.41, 5.74) is 3.43. The predicted octanol–water partition coefficient (Wildman–Crippen LogP) is 3.09. The number of quaternary nitrogens is 1. The fraction of sp³-hybridized carbons (Fsp3) is 0.435. The van der Waals surface area contributed by atoms with Crippen LogP contribution in [0.4, 0.5) is 5.69 Å². The number of carbonyl (C=O) groups is 1. The highest BCUT2D eigenvalue weighted by atomic mass is 16.5. The molecule has 1 amide bonds. The number of rotatable bonds is 8. The Kier molecular flexibility index (Phi) is 6.57. The van der Waals surface area contributed by atoms with Crippen molar-refractivity contribution in [1.29, 1.82) is 0 Å². The van der Waals surface area contributed by atoms with E-state index in [1.54, 1.807) is 0 Å². The molecule has 5 nitrogen and oxygen atoms in total. The second kappa shape index (κ2) is 9.11. The van der Waals surface area contributed by atoms with Gasteiger partial charge in [0.15, 0.2) is 17.5 Å². The Morgan fingerprint density at radius 3 is 2.54 bits per heavy atom. The Hall–Kier alpha value is -2.53. The number of nitrogens with two attached hydrogens (primary N) is 1. The summed E-state index contributed by atoms with van der Waals surface area (Å²) in [4.78, 5) is 15.0. The van der Waals surface area contributed by atoms with Crippen LogP contribution in [-0.4, -0.2) is 31.7 Å². The number of nitrogens with zero attached hydrogens (tertiary/aromatic N) is 1. The Bertz CT molecular complexity index is 821. The normalized spacial score (nSPS) is 15.1. The van der Waals surface area contributed by atoms with Crippen LogP contribution in [0.5, 0.6) is 11.5 Å². The number of para-hydroxylation sites is 1. The van der Waals surface area contributed by atoms with Crippen LogP contribution in [0.25, 0.3) is 0 Å². The molecule has 150 valence electrons. The van der Waals surface area contributed by atoms with Gasteiger partial charge in [-0.2, -0.15) is 0 Å². The number of carbonyl (C=O) groups excluding carboxylic acids is 1. The molecule has 0 radical (unpaired) electrons. The van der Waals surface area contributed by atoms with E-state index < -0.39 is 0 Å². The molecule has 0 bridgehead atoms. The van der Waals surface area contributed by atoms with Crippen LogP contribution in [0.3, 0.4) is 0 Å². The van der Waals surface area contributed by atoms with Crippen molar-refractivity contribution < 1.29 is 19.6 Å². The third-order valence-corrected chi connectivity index (χ3v) is 5.21. The molecule has 0 fully saturated rings. The Morgan fingerprint density at radius 2 is 1.79 bits per heavy atom. The van der Waals surface area contributed by atoms with Gasteiger partial charge in [-0.3, -0.25) is 4.79 Å². The molecule has 0 spiro atoms. The molecule has 5 heteroatoms. The van der Waals surface area contributed by atoms with Gasteiger partial charge in [0.1, 0.15) is 6.04 Å². The summed E-state index contributed by atoms with van der Waals surface area (Å²) in [7, 11) is 0. The molecule has 0 saturated carbocycles. The van der Waals surface area contributed by atoms with Crippen LogP contribution in [0.2, 0.25) is 0 Å². The molecule has 1 heterocycles. The minimum Gasteiger partial charge on any atom is -0.490 e. The first-order valence-corrected chi connectivity index (χ1v) is 10.2. The molecule has 2 aromatic rings. The smallest absolute Gasteiger partial charge is 0.284 e. The van der Waals surface area contributed by atoms with Crippen LogP contribution < -0.4 is 19.7 Å². The molecular weight excluding hydrogens is 352 g/mol. The third-order valence-electron chi connectivity index (χ3n) is 5.21. The molecule has 1 aliphatic heterocycles. The van der Waals surface area contributed by atoms with Crippen molar-refractivity contribution in [3.8, 4) is 11.5 Å². The van der Waals surface area contributed by atoms with Gasteiger partial charge >= 0.3 is 0 Å². The fourth-order valence-electron chi connectivity index (χ4n) is 3.79. The number of hydrogen-bond donors (Lipinski definition) is 1. The van der Waals surface area contributed by atoms with Gasteiger partial charge < -0.3 is 19.7 Å². The van der Waals surface area contributed by atoms with Gasteiger partial charge in [0, 0.05) is 17.8 Å². The number of amides is 1. The maximum Gasteiger partial charge on any atom is 0.284 e. The highest BCUT2D eigenvalue weighted by Gasteiger charge is 2.30. The standard InChI is InChI=1S/C23H30N2O3/c1-5-27-21-12-11-19(15-22(21)28-6-2)16(3)24-17(4)23(26)25-14-13-18-9-7-8-10-20(18)25/h7-12,15-17,24H,5-6,13-14H2,1-4H3/p+1/t16-,17-/m0/s1. The van der Waals surface area contributed by atoms with Gasteiger partial charge in [-0.15, -0.1) is 0 Å². The molecule has 0 saturated heterocycles. The summed E-state index contributed by atoms with van der Waals surface area (Å²) in [6, 6.07) is 14.2. The molecule has 2 atom stereocenters.